The van der Waals surface area contributed by atoms with Gasteiger partial charge in [0, 0.05) is 11.8 Å². The van der Waals surface area contributed by atoms with Crippen LogP contribution in [-0.2, 0) is 3.79 Å². The van der Waals surface area contributed by atoms with E-state index < -0.39 is 3.79 Å². The zero-order chi connectivity index (χ0) is 8.48. The lowest BCUT2D eigenvalue weighted by atomic mass is 10.3. The first-order valence-electron chi connectivity index (χ1n) is 2.71. The van der Waals surface area contributed by atoms with E-state index in [9.17, 15) is 0 Å². The number of rotatable bonds is 0. The molecule has 0 atom stereocenters. The highest BCUT2D eigenvalue weighted by molar-refractivity contribution is 6.66. The van der Waals surface area contributed by atoms with Gasteiger partial charge >= 0.3 is 0 Å². The number of halogens is 3. The maximum absolute atomic E-state index is 8.94. The number of hydrogen-bond acceptors (Lipinski definition) is 2. The SMILES string of the molecule is Oc1cncc(C(Cl)(Cl)Cl)c1. The van der Waals surface area contributed by atoms with Crippen LogP contribution >= 0.6 is 34.8 Å². The zero-order valence-corrected chi connectivity index (χ0v) is 7.53. The first-order valence-corrected chi connectivity index (χ1v) is 3.85. The third kappa shape index (κ3) is 2.40. The Kier molecular flexibility index (Phi) is 2.47. The highest BCUT2D eigenvalue weighted by Crippen LogP contribution is 2.38. The summed E-state index contributed by atoms with van der Waals surface area (Å²) in [5.74, 6) is -0.0196. The summed E-state index contributed by atoms with van der Waals surface area (Å²) in [6.07, 6.45) is 2.65. The molecule has 0 unspecified atom stereocenters. The minimum Gasteiger partial charge on any atom is -0.506 e. The van der Waals surface area contributed by atoms with Gasteiger partial charge in [0.05, 0.1) is 6.20 Å². The lowest BCUT2D eigenvalue weighted by Crippen LogP contribution is -1.99. The van der Waals surface area contributed by atoms with Crippen molar-refractivity contribution in [3.63, 3.8) is 0 Å². The van der Waals surface area contributed by atoms with Crippen LogP contribution in [0.2, 0.25) is 0 Å². The maximum Gasteiger partial charge on any atom is 0.217 e. The molecule has 0 aliphatic rings. The van der Waals surface area contributed by atoms with E-state index in [2.05, 4.69) is 4.98 Å². The van der Waals surface area contributed by atoms with Crippen molar-refractivity contribution in [2.45, 2.75) is 3.79 Å². The summed E-state index contributed by atoms with van der Waals surface area (Å²) in [7, 11) is 0. The fourth-order valence-corrected chi connectivity index (χ4v) is 0.893. The Hall–Kier alpha value is -0.180. The molecular weight excluding hydrogens is 208 g/mol. The smallest absolute Gasteiger partial charge is 0.217 e. The Bertz CT molecular complexity index is 258. The largest absolute Gasteiger partial charge is 0.506 e. The quantitative estimate of drug-likeness (QED) is 0.671. The highest BCUT2D eigenvalue weighted by Gasteiger charge is 2.23. The summed E-state index contributed by atoms with van der Waals surface area (Å²) in [5, 5.41) is 8.94. The molecule has 0 fully saturated rings. The molecule has 1 aromatic heterocycles. The average molecular weight is 212 g/mol. The molecule has 0 amide bonds. The van der Waals surface area contributed by atoms with Crippen LogP contribution in [0.25, 0.3) is 0 Å². The number of alkyl halides is 3. The minimum absolute atomic E-state index is 0.0196. The van der Waals surface area contributed by atoms with E-state index in [1.54, 1.807) is 0 Å². The standard InChI is InChI=1S/C6H4Cl3NO/c7-6(8,9)4-1-5(11)3-10-2-4/h1-3,11H. The second-order valence-corrected chi connectivity index (χ2v) is 4.21. The maximum atomic E-state index is 8.94. The number of aromatic nitrogens is 1. The normalized spacial score (nSPS) is 11.5. The Labute approximate surface area is 78.7 Å². The van der Waals surface area contributed by atoms with Gasteiger partial charge in [-0.1, -0.05) is 34.8 Å². The molecule has 0 aromatic carbocycles. The van der Waals surface area contributed by atoms with Gasteiger partial charge < -0.3 is 5.11 Å². The molecule has 0 saturated heterocycles. The summed E-state index contributed by atoms with van der Waals surface area (Å²) < 4.78 is -1.52. The molecule has 1 N–H and O–H groups in total. The Morgan fingerprint density at radius 1 is 1.27 bits per heavy atom. The lowest BCUT2D eigenvalue weighted by Gasteiger charge is -2.09. The number of pyridine rings is 1. The molecule has 11 heavy (non-hydrogen) atoms. The fraction of sp³-hybridized carbons (Fsp3) is 0.167. The van der Waals surface area contributed by atoms with Gasteiger partial charge in [0.15, 0.2) is 0 Å². The van der Waals surface area contributed by atoms with Crippen molar-refractivity contribution in [1.29, 1.82) is 0 Å². The van der Waals surface area contributed by atoms with Gasteiger partial charge in [-0.15, -0.1) is 0 Å². The van der Waals surface area contributed by atoms with Crippen LogP contribution in [0.3, 0.4) is 0 Å². The van der Waals surface area contributed by atoms with Gasteiger partial charge in [-0.05, 0) is 6.07 Å². The molecule has 5 heteroatoms. The molecule has 1 rings (SSSR count). The molecular formula is C6H4Cl3NO. The summed E-state index contributed by atoms with van der Waals surface area (Å²) in [6.45, 7) is 0. The van der Waals surface area contributed by atoms with Gasteiger partial charge in [0.2, 0.25) is 3.79 Å². The number of nitrogens with zero attached hydrogens (tertiary/aromatic N) is 1. The van der Waals surface area contributed by atoms with Crippen molar-refractivity contribution < 1.29 is 5.11 Å². The topological polar surface area (TPSA) is 33.1 Å². The van der Waals surface area contributed by atoms with Crippen LogP contribution in [0.4, 0.5) is 0 Å². The Morgan fingerprint density at radius 2 is 1.91 bits per heavy atom. The molecule has 2 nitrogen and oxygen atoms in total. The molecule has 0 aliphatic heterocycles. The van der Waals surface area contributed by atoms with E-state index in [1.165, 1.54) is 18.5 Å². The van der Waals surface area contributed by atoms with Crippen molar-refractivity contribution in [2.75, 3.05) is 0 Å². The van der Waals surface area contributed by atoms with Crippen LogP contribution in [0.5, 0.6) is 5.75 Å². The van der Waals surface area contributed by atoms with E-state index in [4.69, 9.17) is 39.9 Å². The monoisotopic (exact) mass is 211 g/mol. The van der Waals surface area contributed by atoms with E-state index in [1.807, 2.05) is 0 Å². The summed E-state index contributed by atoms with van der Waals surface area (Å²) in [4.78, 5) is 3.65. The predicted octanol–water partition coefficient (Wildman–Crippen LogP) is 2.61. The molecule has 0 aliphatic carbocycles. The van der Waals surface area contributed by atoms with Crippen LogP contribution in [-0.4, -0.2) is 10.1 Å². The number of aromatic hydroxyl groups is 1. The van der Waals surface area contributed by atoms with Gasteiger partial charge in [0.25, 0.3) is 0 Å². The van der Waals surface area contributed by atoms with Crippen LogP contribution in [0.15, 0.2) is 18.5 Å². The van der Waals surface area contributed by atoms with Crippen molar-refractivity contribution in [1.82, 2.24) is 4.98 Å². The first kappa shape index (κ1) is 8.91. The summed E-state index contributed by atoms with van der Waals surface area (Å²) in [5.41, 5.74) is 0.350. The predicted molar refractivity (Wildman–Crippen MR) is 45.1 cm³/mol. The van der Waals surface area contributed by atoms with E-state index in [0.717, 1.165) is 0 Å². The van der Waals surface area contributed by atoms with E-state index in [-0.39, 0.29) is 5.75 Å². The summed E-state index contributed by atoms with van der Waals surface area (Å²) >= 11 is 16.5. The highest BCUT2D eigenvalue weighted by atomic mass is 35.6. The molecule has 0 radical (unpaired) electrons. The number of hydrogen-bond donors (Lipinski definition) is 1. The zero-order valence-electron chi connectivity index (χ0n) is 5.26. The fourth-order valence-electron chi connectivity index (χ4n) is 0.583. The van der Waals surface area contributed by atoms with E-state index in [0.29, 0.717) is 5.56 Å². The molecule has 0 saturated carbocycles. The molecule has 60 valence electrons. The van der Waals surface area contributed by atoms with E-state index >= 15 is 0 Å². The third-order valence-corrected chi connectivity index (χ3v) is 1.71. The van der Waals surface area contributed by atoms with Gasteiger partial charge in [-0.3, -0.25) is 4.98 Å². The van der Waals surface area contributed by atoms with Gasteiger partial charge in [-0.2, -0.15) is 0 Å². The third-order valence-electron chi connectivity index (χ3n) is 1.05. The van der Waals surface area contributed by atoms with Crippen molar-refractivity contribution in [3.8, 4) is 5.75 Å². The van der Waals surface area contributed by atoms with Crippen molar-refractivity contribution >= 4 is 34.8 Å². The minimum atomic E-state index is -1.52. The van der Waals surface area contributed by atoms with Crippen LogP contribution < -0.4 is 0 Å². The van der Waals surface area contributed by atoms with Crippen LogP contribution in [0.1, 0.15) is 5.56 Å². The second kappa shape index (κ2) is 3.05. The average Bonchev–Trinajstić information content (AvgIpc) is 1.86. The molecule has 0 bridgehead atoms. The lowest BCUT2D eigenvalue weighted by molar-refractivity contribution is 0.472. The Morgan fingerprint density at radius 3 is 2.27 bits per heavy atom. The van der Waals surface area contributed by atoms with Crippen molar-refractivity contribution in [3.05, 3.63) is 24.0 Å². The van der Waals surface area contributed by atoms with Gasteiger partial charge in [-0.25, -0.2) is 0 Å². The molecule has 1 heterocycles. The summed E-state index contributed by atoms with van der Waals surface area (Å²) in [6, 6.07) is 1.35. The molecule has 0 spiro atoms. The first-order chi connectivity index (χ1) is 5.00. The molecule has 1 aromatic rings. The van der Waals surface area contributed by atoms with Gasteiger partial charge in [0.1, 0.15) is 5.75 Å². The van der Waals surface area contributed by atoms with Crippen molar-refractivity contribution in [2.24, 2.45) is 0 Å². The Balaban J connectivity index is 3.06. The van der Waals surface area contributed by atoms with Crippen LogP contribution in [0, 0.1) is 0 Å². The second-order valence-electron chi connectivity index (χ2n) is 1.93.